The molecule has 0 amide bonds. The molecule has 17 heavy (non-hydrogen) atoms. The predicted molar refractivity (Wildman–Crippen MR) is 72.2 cm³/mol. The molecule has 0 saturated carbocycles. The van der Waals surface area contributed by atoms with Crippen LogP contribution in [0.3, 0.4) is 0 Å². The Labute approximate surface area is 104 Å². The van der Waals surface area contributed by atoms with Crippen LogP contribution in [0.5, 0.6) is 0 Å². The van der Waals surface area contributed by atoms with Crippen molar-refractivity contribution >= 4 is 5.82 Å². The molecule has 0 radical (unpaired) electrons. The summed E-state index contributed by atoms with van der Waals surface area (Å²) in [6.07, 6.45) is 1.13. The molecule has 1 heterocycles. The number of hydrogen-bond acceptors (Lipinski definition) is 4. The molecule has 1 rings (SSSR count). The first-order valence-corrected chi connectivity index (χ1v) is 6.48. The Hall–Kier alpha value is -1.16. The van der Waals surface area contributed by atoms with Gasteiger partial charge in [-0.2, -0.15) is 5.10 Å². The van der Waals surface area contributed by atoms with Crippen LogP contribution >= 0.6 is 0 Å². The third-order valence-corrected chi connectivity index (χ3v) is 2.60. The summed E-state index contributed by atoms with van der Waals surface area (Å²) in [6, 6.07) is 4.59. The first-order chi connectivity index (χ1) is 8.17. The predicted octanol–water partition coefficient (Wildman–Crippen LogP) is 2.21. The highest BCUT2D eigenvalue weighted by molar-refractivity contribution is 5.36. The van der Waals surface area contributed by atoms with Gasteiger partial charge < -0.3 is 10.2 Å². The molecule has 0 fully saturated rings. The standard InChI is InChI=1S/C13H24N4/c1-5-9-17(6-2)13-8-7-12(15-16-13)10-14-11(3)4/h7-8,11,14H,5-6,9-10H2,1-4H3. The quantitative estimate of drug-likeness (QED) is 0.788. The van der Waals surface area contributed by atoms with E-state index in [-0.39, 0.29) is 0 Å². The maximum Gasteiger partial charge on any atom is 0.151 e. The lowest BCUT2D eigenvalue weighted by Gasteiger charge is -2.20. The van der Waals surface area contributed by atoms with Gasteiger partial charge >= 0.3 is 0 Å². The van der Waals surface area contributed by atoms with Crippen LogP contribution in [0.25, 0.3) is 0 Å². The van der Waals surface area contributed by atoms with E-state index in [1.165, 1.54) is 0 Å². The van der Waals surface area contributed by atoms with Gasteiger partial charge in [-0.15, -0.1) is 5.10 Å². The van der Waals surface area contributed by atoms with Crippen molar-refractivity contribution in [3.8, 4) is 0 Å². The molecule has 0 unspecified atom stereocenters. The topological polar surface area (TPSA) is 41.0 Å². The Balaban J connectivity index is 2.59. The number of nitrogens with one attached hydrogen (secondary N) is 1. The molecule has 1 aromatic heterocycles. The van der Waals surface area contributed by atoms with E-state index in [2.05, 4.69) is 60.2 Å². The Kier molecular flexibility index (Phi) is 5.91. The number of nitrogens with zero attached hydrogens (tertiary/aromatic N) is 3. The smallest absolute Gasteiger partial charge is 0.151 e. The Morgan fingerprint density at radius 1 is 1.24 bits per heavy atom. The summed E-state index contributed by atoms with van der Waals surface area (Å²) in [7, 11) is 0. The lowest BCUT2D eigenvalue weighted by Crippen LogP contribution is -2.25. The van der Waals surface area contributed by atoms with Gasteiger partial charge in [-0.25, -0.2) is 0 Å². The van der Waals surface area contributed by atoms with E-state index < -0.39 is 0 Å². The van der Waals surface area contributed by atoms with Crippen LogP contribution in [0.1, 0.15) is 39.8 Å². The van der Waals surface area contributed by atoms with Crippen LogP contribution in [0.2, 0.25) is 0 Å². The van der Waals surface area contributed by atoms with Gasteiger partial charge in [0.15, 0.2) is 5.82 Å². The molecule has 0 atom stereocenters. The maximum absolute atomic E-state index is 4.28. The van der Waals surface area contributed by atoms with Crippen molar-refractivity contribution in [1.29, 1.82) is 0 Å². The monoisotopic (exact) mass is 236 g/mol. The summed E-state index contributed by atoms with van der Waals surface area (Å²) in [5.74, 6) is 0.975. The third kappa shape index (κ3) is 4.69. The van der Waals surface area contributed by atoms with E-state index in [9.17, 15) is 0 Å². The van der Waals surface area contributed by atoms with Gasteiger partial charge in [0.05, 0.1) is 5.69 Å². The SMILES string of the molecule is CCCN(CC)c1ccc(CNC(C)C)nn1. The highest BCUT2D eigenvalue weighted by atomic mass is 15.3. The van der Waals surface area contributed by atoms with Crippen LogP contribution < -0.4 is 10.2 Å². The summed E-state index contributed by atoms with van der Waals surface area (Å²) in [6.45, 7) is 11.4. The second kappa shape index (κ2) is 7.22. The first kappa shape index (κ1) is 13.9. The molecule has 0 saturated heterocycles. The lowest BCUT2D eigenvalue weighted by molar-refractivity contribution is 0.577. The zero-order valence-electron chi connectivity index (χ0n) is 11.4. The average molecular weight is 236 g/mol. The molecule has 1 aromatic rings. The molecule has 96 valence electrons. The molecule has 1 N–H and O–H groups in total. The number of anilines is 1. The van der Waals surface area contributed by atoms with E-state index in [1.54, 1.807) is 0 Å². The minimum Gasteiger partial charge on any atom is -0.355 e. The molecule has 4 nitrogen and oxygen atoms in total. The highest BCUT2D eigenvalue weighted by Gasteiger charge is 2.05. The normalized spacial score (nSPS) is 10.9. The second-order valence-electron chi connectivity index (χ2n) is 4.50. The van der Waals surface area contributed by atoms with Crippen LogP contribution in [0.15, 0.2) is 12.1 Å². The second-order valence-corrected chi connectivity index (χ2v) is 4.50. The van der Waals surface area contributed by atoms with E-state index in [1.807, 2.05) is 0 Å². The maximum atomic E-state index is 4.28. The van der Waals surface area contributed by atoms with Gasteiger partial charge in [0, 0.05) is 25.7 Å². The summed E-state index contributed by atoms with van der Waals surface area (Å²) in [5, 5.41) is 11.9. The molecule has 4 heteroatoms. The average Bonchev–Trinajstić information content (AvgIpc) is 2.34. The number of rotatable bonds is 7. The van der Waals surface area contributed by atoms with E-state index in [0.717, 1.165) is 37.6 Å². The van der Waals surface area contributed by atoms with Crippen LogP contribution in [-0.2, 0) is 6.54 Å². The van der Waals surface area contributed by atoms with Gasteiger partial charge in [0.25, 0.3) is 0 Å². The first-order valence-electron chi connectivity index (χ1n) is 6.48. The fraction of sp³-hybridized carbons (Fsp3) is 0.692. The Morgan fingerprint density at radius 3 is 2.47 bits per heavy atom. The summed E-state index contributed by atoms with van der Waals surface area (Å²) < 4.78 is 0. The van der Waals surface area contributed by atoms with Crippen molar-refractivity contribution in [2.45, 2.75) is 46.7 Å². The Bertz CT molecular complexity index is 308. The summed E-state index contributed by atoms with van der Waals surface area (Å²) >= 11 is 0. The van der Waals surface area contributed by atoms with Crippen LogP contribution in [0, 0.1) is 0 Å². The van der Waals surface area contributed by atoms with Crippen LogP contribution in [-0.4, -0.2) is 29.3 Å². The van der Waals surface area contributed by atoms with Crippen molar-refractivity contribution in [2.24, 2.45) is 0 Å². The molecule has 0 aliphatic heterocycles. The van der Waals surface area contributed by atoms with E-state index >= 15 is 0 Å². The van der Waals surface area contributed by atoms with Gasteiger partial charge in [-0.05, 0) is 25.5 Å². The largest absolute Gasteiger partial charge is 0.355 e. The summed E-state index contributed by atoms with van der Waals surface area (Å²) in [4.78, 5) is 2.24. The molecular formula is C13H24N4. The van der Waals surface area contributed by atoms with Crippen molar-refractivity contribution in [2.75, 3.05) is 18.0 Å². The molecule has 0 spiro atoms. The third-order valence-electron chi connectivity index (χ3n) is 2.60. The fourth-order valence-electron chi connectivity index (χ4n) is 1.63. The van der Waals surface area contributed by atoms with Crippen molar-refractivity contribution < 1.29 is 0 Å². The molecule has 0 bridgehead atoms. The van der Waals surface area contributed by atoms with Crippen molar-refractivity contribution in [1.82, 2.24) is 15.5 Å². The Morgan fingerprint density at radius 2 is 2.00 bits per heavy atom. The van der Waals surface area contributed by atoms with Crippen LogP contribution in [0.4, 0.5) is 5.82 Å². The van der Waals surface area contributed by atoms with E-state index in [4.69, 9.17) is 0 Å². The number of hydrogen-bond donors (Lipinski definition) is 1. The minimum absolute atomic E-state index is 0.476. The van der Waals surface area contributed by atoms with Gasteiger partial charge in [-0.3, -0.25) is 0 Å². The summed E-state index contributed by atoms with van der Waals surface area (Å²) in [5.41, 5.74) is 0.995. The highest BCUT2D eigenvalue weighted by Crippen LogP contribution is 2.09. The molecule has 0 aromatic carbocycles. The zero-order chi connectivity index (χ0) is 12.7. The van der Waals surface area contributed by atoms with Gasteiger partial charge in [0.2, 0.25) is 0 Å². The van der Waals surface area contributed by atoms with E-state index in [0.29, 0.717) is 6.04 Å². The zero-order valence-corrected chi connectivity index (χ0v) is 11.4. The molecule has 0 aliphatic carbocycles. The van der Waals surface area contributed by atoms with Gasteiger partial charge in [-0.1, -0.05) is 20.8 Å². The minimum atomic E-state index is 0.476. The molecular weight excluding hydrogens is 212 g/mol. The molecule has 0 aliphatic rings. The van der Waals surface area contributed by atoms with Crippen molar-refractivity contribution in [3.63, 3.8) is 0 Å². The van der Waals surface area contributed by atoms with Gasteiger partial charge in [0.1, 0.15) is 0 Å². The lowest BCUT2D eigenvalue weighted by atomic mass is 10.3. The number of aromatic nitrogens is 2. The van der Waals surface area contributed by atoms with Crippen molar-refractivity contribution in [3.05, 3.63) is 17.8 Å². The fourth-order valence-corrected chi connectivity index (χ4v) is 1.63.